The SMILES string of the molecule is CN(CCc1ccccn1)C(=O)c1cc2ncccn2n1. The normalized spacial score (nSPS) is 10.7. The van der Waals surface area contributed by atoms with Crippen LogP contribution in [0.5, 0.6) is 0 Å². The third-order valence-corrected chi connectivity index (χ3v) is 3.23. The minimum absolute atomic E-state index is 0.114. The molecule has 0 fully saturated rings. The molecule has 6 heteroatoms. The average Bonchev–Trinajstić information content (AvgIpc) is 2.97. The van der Waals surface area contributed by atoms with Gasteiger partial charge in [-0.25, -0.2) is 9.50 Å². The van der Waals surface area contributed by atoms with E-state index >= 15 is 0 Å². The smallest absolute Gasteiger partial charge is 0.274 e. The van der Waals surface area contributed by atoms with Gasteiger partial charge in [0.15, 0.2) is 11.3 Å². The fraction of sp³-hybridized carbons (Fsp3) is 0.200. The van der Waals surface area contributed by atoms with Crippen molar-refractivity contribution in [3.05, 3.63) is 60.3 Å². The van der Waals surface area contributed by atoms with Crippen LogP contribution < -0.4 is 0 Å². The van der Waals surface area contributed by atoms with Gasteiger partial charge in [-0.15, -0.1) is 0 Å². The summed E-state index contributed by atoms with van der Waals surface area (Å²) in [6.45, 7) is 0.594. The monoisotopic (exact) mass is 281 g/mol. The average molecular weight is 281 g/mol. The summed E-state index contributed by atoms with van der Waals surface area (Å²) in [4.78, 5) is 22.4. The first-order chi connectivity index (χ1) is 10.2. The van der Waals surface area contributed by atoms with Crippen LogP contribution in [0.1, 0.15) is 16.2 Å². The van der Waals surface area contributed by atoms with Crippen LogP contribution in [-0.2, 0) is 6.42 Å². The number of rotatable bonds is 4. The molecule has 3 heterocycles. The lowest BCUT2D eigenvalue weighted by Crippen LogP contribution is -2.29. The number of hydrogen-bond donors (Lipinski definition) is 0. The highest BCUT2D eigenvalue weighted by Crippen LogP contribution is 2.06. The first kappa shape index (κ1) is 13.2. The number of fused-ring (bicyclic) bond motifs is 1. The molecule has 0 atom stereocenters. The predicted molar refractivity (Wildman–Crippen MR) is 77.9 cm³/mol. The Morgan fingerprint density at radius 2 is 2.10 bits per heavy atom. The topological polar surface area (TPSA) is 63.4 Å². The maximum atomic E-state index is 12.3. The molecule has 1 amide bonds. The fourth-order valence-corrected chi connectivity index (χ4v) is 2.06. The number of nitrogens with zero attached hydrogens (tertiary/aromatic N) is 5. The van der Waals surface area contributed by atoms with Crippen molar-refractivity contribution in [1.29, 1.82) is 0 Å². The molecule has 106 valence electrons. The van der Waals surface area contributed by atoms with E-state index in [1.54, 1.807) is 47.2 Å². The molecular formula is C15H15N5O. The zero-order valence-corrected chi connectivity index (χ0v) is 11.7. The molecule has 3 aromatic rings. The van der Waals surface area contributed by atoms with Crippen LogP contribution in [0, 0.1) is 0 Å². The molecule has 0 aliphatic heterocycles. The highest BCUT2D eigenvalue weighted by atomic mass is 16.2. The van der Waals surface area contributed by atoms with Crippen molar-refractivity contribution in [2.45, 2.75) is 6.42 Å². The Kier molecular flexibility index (Phi) is 3.59. The van der Waals surface area contributed by atoms with Crippen LogP contribution in [-0.4, -0.2) is 44.0 Å². The molecule has 0 aliphatic carbocycles. The molecule has 0 spiro atoms. The Balaban J connectivity index is 1.69. The van der Waals surface area contributed by atoms with E-state index < -0.39 is 0 Å². The summed E-state index contributed by atoms with van der Waals surface area (Å²) in [6, 6.07) is 9.24. The van der Waals surface area contributed by atoms with Crippen molar-refractivity contribution < 1.29 is 4.79 Å². The lowest BCUT2D eigenvalue weighted by molar-refractivity contribution is 0.0790. The van der Waals surface area contributed by atoms with Crippen molar-refractivity contribution in [2.75, 3.05) is 13.6 Å². The van der Waals surface area contributed by atoms with Gasteiger partial charge in [0.2, 0.25) is 0 Å². The summed E-state index contributed by atoms with van der Waals surface area (Å²) in [6.07, 6.45) is 5.92. The molecule has 3 rings (SSSR count). The standard InChI is InChI=1S/C15H15N5O/c1-19(10-6-12-5-2-3-7-16-12)15(21)13-11-14-17-8-4-9-20(14)18-13/h2-5,7-9,11H,6,10H2,1H3. The summed E-state index contributed by atoms with van der Waals surface area (Å²) < 4.78 is 1.60. The van der Waals surface area contributed by atoms with E-state index in [9.17, 15) is 4.79 Å². The maximum absolute atomic E-state index is 12.3. The first-order valence-electron chi connectivity index (χ1n) is 6.70. The van der Waals surface area contributed by atoms with Crippen LogP contribution in [0.15, 0.2) is 48.9 Å². The zero-order chi connectivity index (χ0) is 14.7. The zero-order valence-electron chi connectivity index (χ0n) is 11.7. The highest BCUT2D eigenvalue weighted by Gasteiger charge is 2.15. The van der Waals surface area contributed by atoms with Gasteiger partial charge in [0, 0.05) is 50.4 Å². The number of pyridine rings is 1. The second-order valence-electron chi connectivity index (χ2n) is 4.75. The molecule has 0 radical (unpaired) electrons. The Morgan fingerprint density at radius 1 is 1.24 bits per heavy atom. The summed E-state index contributed by atoms with van der Waals surface area (Å²) in [5, 5.41) is 4.24. The van der Waals surface area contributed by atoms with Crippen LogP contribution in [0.2, 0.25) is 0 Å². The van der Waals surface area contributed by atoms with Gasteiger partial charge in [-0.1, -0.05) is 6.07 Å². The Hall–Kier alpha value is -2.76. The summed E-state index contributed by atoms with van der Waals surface area (Å²) in [5.41, 5.74) is 2.03. The van der Waals surface area contributed by atoms with Gasteiger partial charge in [0.1, 0.15) is 0 Å². The van der Waals surface area contributed by atoms with E-state index in [1.807, 2.05) is 18.2 Å². The van der Waals surface area contributed by atoms with Gasteiger partial charge >= 0.3 is 0 Å². The minimum Gasteiger partial charge on any atom is -0.340 e. The predicted octanol–water partition coefficient (Wildman–Crippen LogP) is 1.44. The molecule has 0 N–H and O–H groups in total. The number of hydrogen-bond acceptors (Lipinski definition) is 4. The van der Waals surface area contributed by atoms with Crippen LogP contribution >= 0.6 is 0 Å². The first-order valence-corrected chi connectivity index (χ1v) is 6.70. The summed E-state index contributed by atoms with van der Waals surface area (Å²) in [7, 11) is 1.77. The molecule has 0 unspecified atom stereocenters. The van der Waals surface area contributed by atoms with E-state index in [0.29, 0.717) is 24.3 Å². The Labute approximate surface area is 122 Å². The second kappa shape index (κ2) is 5.70. The third kappa shape index (κ3) is 2.89. The van der Waals surface area contributed by atoms with Crippen molar-refractivity contribution in [1.82, 2.24) is 24.5 Å². The van der Waals surface area contributed by atoms with Gasteiger partial charge in [0.05, 0.1) is 0 Å². The summed E-state index contributed by atoms with van der Waals surface area (Å²) in [5.74, 6) is -0.114. The van der Waals surface area contributed by atoms with Gasteiger partial charge in [-0.05, 0) is 18.2 Å². The van der Waals surface area contributed by atoms with E-state index in [1.165, 1.54) is 0 Å². The molecule has 0 bridgehead atoms. The van der Waals surface area contributed by atoms with Gasteiger partial charge < -0.3 is 4.90 Å². The maximum Gasteiger partial charge on any atom is 0.274 e. The molecule has 0 aromatic carbocycles. The quantitative estimate of drug-likeness (QED) is 0.726. The number of amides is 1. The van der Waals surface area contributed by atoms with Gasteiger partial charge in [-0.3, -0.25) is 9.78 Å². The molecule has 0 aliphatic rings. The van der Waals surface area contributed by atoms with E-state index in [-0.39, 0.29) is 5.91 Å². The molecule has 0 saturated carbocycles. The van der Waals surface area contributed by atoms with Crippen molar-refractivity contribution >= 4 is 11.6 Å². The largest absolute Gasteiger partial charge is 0.340 e. The van der Waals surface area contributed by atoms with Gasteiger partial charge in [0.25, 0.3) is 5.91 Å². The third-order valence-electron chi connectivity index (χ3n) is 3.23. The summed E-state index contributed by atoms with van der Waals surface area (Å²) >= 11 is 0. The Bertz CT molecular complexity index is 720. The number of likely N-dealkylation sites (N-methyl/N-ethyl adjacent to an activating group) is 1. The molecule has 21 heavy (non-hydrogen) atoms. The van der Waals surface area contributed by atoms with Crippen molar-refractivity contribution in [2.24, 2.45) is 0 Å². The molecular weight excluding hydrogens is 266 g/mol. The minimum atomic E-state index is -0.114. The molecule has 0 saturated heterocycles. The van der Waals surface area contributed by atoms with Crippen LogP contribution in [0.25, 0.3) is 5.65 Å². The van der Waals surface area contributed by atoms with Gasteiger partial charge in [-0.2, -0.15) is 5.10 Å². The Morgan fingerprint density at radius 3 is 2.86 bits per heavy atom. The highest BCUT2D eigenvalue weighted by molar-refractivity contribution is 5.93. The fourth-order valence-electron chi connectivity index (χ4n) is 2.06. The number of carbonyl (C=O) groups excluding carboxylic acids is 1. The molecule has 3 aromatic heterocycles. The van der Waals surface area contributed by atoms with E-state index in [2.05, 4.69) is 15.1 Å². The van der Waals surface area contributed by atoms with Crippen LogP contribution in [0.3, 0.4) is 0 Å². The lowest BCUT2D eigenvalue weighted by Gasteiger charge is -2.15. The number of aromatic nitrogens is 4. The van der Waals surface area contributed by atoms with E-state index in [4.69, 9.17) is 0 Å². The lowest BCUT2D eigenvalue weighted by atomic mass is 10.2. The van der Waals surface area contributed by atoms with Crippen LogP contribution in [0.4, 0.5) is 0 Å². The van der Waals surface area contributed by atoms with Crippen molar-refractivity contribution in [3.63, 3.8) is 0 Å². The number of carbonyl (C=O) groups is 1. The second-order valence-corrected chi connectivity index (χ2v) is 4.75. The molecule has 6 nitrogen and oxygen atoms in total. The van der Waals surface area contributed by atoms with E-state index in [0.717, 1.165) is 5.69 Å². The van der Waals surface area contributed by atoms with Crippen molar-refractivity contribution in [3.8, 4) is 0 Å².